The molecule has 1 aliphatic heterocycles. The topological polar surface area (TPSA) is 33.1 Å². The fourth-order valence-corrected chi connectivity index (χ4v) is 3.61. The molecular formula is C17H30N4. The summed E-state index contributed by atoms with van der Waals surface area (Å²) >= 11 is 0. The maximum Gasteiger partial charge on any atom is 0.0625 e. The minimum atomic E-state index is 0.685. The van der Waals surface area contributed by atoms with Crippen molar-refractivity contribution in [1.29, 1.82) is 0 Å². The van der Waals surface area contributed by atoms with Crippen molar-refractivity contribution in [2.24, 2.45) is 13.0 Å². The van der Waals surface area contributed by atoms with Crippen LogP contribution in [0.15, 0.2) is 6.07 Å². The molecule has 0 aromatic carbocycles. The van der Waals surface area contributed by atoms with Crippen LogP contribution >= 0.6 is 0 Å². The second-order valence-corrected chi connectivity index (χ2v) is 6.83. The number of nitrogens with zero attached hydrogens (tertiary/aromatic N) is 3. The van der Waals surface area contributed by atoms with Crippen molar-refractivity contribution in [2.75, 3.05) is 13.1 Å². The molecule has 1 aromatic rings. The quantitative estimate of drug-likeness (QED) is 0.873. The lowest BCUT2D eigenvalue weighted by atomic mass is 10.0. The number of rotatable bonds is 6. The molecule has 1 N–H and O–H groups in total. The third-order valence-corrected chi connectivity index (χ3v) is 5.13. The van der Waals surface area contributed by atoms with Crippen LogP contribution in [-0.2, 0) is 20.0 Å². The van der Waals surface area contributed by atoms with Gasteiger partial charge in [-0.1, -0.05) is 20.3 Å². The van der Waals surface area contributed by atoms with E-state index in [0.717, 1.165) is 31.5 Å². The van der Waals surface area contributed by atoms with E-state index in [0.29, 0.717) is 6.04 Å². The summed E-state index contributed by atoms with van der Waals surface area (Å²) in [6.45, 7) is 7.90. The molecule has 1 saturated carbocycles. The van der Waals surface area contributed by atoms with Gasteiger partial charge in [0.2, 0.25) is 0 Å². The summed E-state index contributed by atoms with van der Waals surface area (Å²) in [7, 11) is 2.09. The van der Waals surface area contributed by atoms with Crippen LogP contribution in [0.3, 0.4) is 0 Å². The molecule has 4 heteroatoms. The fraction of sp³-hybridized carbons (Fsp3) is 0.824. The van der Waals surface area contributed by atoms with Crippen LogP contribution in [0.1, 0.15) is 50.9 Å². The first kappa shape index (κ1) is 15.0. The number of hydrogen-bond donors (Lipinski definition) is 1. The van der Waals surface area contributed by atoms with E-state index in [9.17, 15) is 0 Å². The van der Waals surface area contributed by atoms with Gasteiger partial charge in [-0.25, -0.2) is 0 Å². The van der Waals surface area contributed by atoms with Crippen molar-refractivity contribution in [3.05, 3.63) is 17.5 Å². The SMILES string of the molecule is CCCC1CNC(C2CC2)CN1Cc1cc(CC)nn1C. The van der Waals surface area contributed by atoms with Crippen molar-refractivity contribution in [2.45, 2.75) is 64.6 Å². The smallest absolute Gasteiger partial charge is 0.0625 e. The monoisotopic (exact) mass is 290 g/mol. The normalized spacial score (nSPS) is 27.2. The highest BCUT2D eigenvalue weighted by Crippen LogP contribution is 2.34. The van der Waals surface area contributed by atoms with Crippen LogP contribution < -0.4 is 5.32 Å². The van der Waals surface area contributed by atoms with E-state index in [2.05, 4.69) is 47.0 Å². The Morgan fingerprint density at radius 2 is 2.14 bits per heavy atom. The second-order valence-electron chi connectivity index (χ2n) is 6.83. The van der Waals surface area contributed by atoms with Gasteiger partial charge in [-0.2, -0.15) is 5.10 Å². The molecule has 0 spiro atoms. The lowest BCUT2D eigenvalue weighted by Crippen LogP contribution is -2.56. The molecule has 2 heterocycles. The van der Waals surface area contributed by atoms with E-state index in [-0.39, 0.29) is 0 Å². The van der Waals surface area contributed by atoms with Gasteiger partial charge in [0, 0.05) is 38.8 Å². The van der Waals surface area contributed by atoms with E-state index < -0.39 is 0 Å². The molecule has 4 nitrogen and oxygen atoms in total. The van der Waals surface area contributed by atoms with Crippen LogP contribution in [0.25, 0.3) is 0 Å². The highest BCUT2D eigenvalue weighted by Gasteiger charge is 2.37. The molecule has 0 radical (unpaired) electrons. The lowest BCUT2D eigenvalue weighted by Gasteiger charge is -2.40. The maximum atomic E-state index is 4.61. The zero-order chi connectivity index (χ0) is 14.8. The largest absolute Gasteiger partial charge is 0.311 e. The number of aryl methyl sites for hydroxylation is 2. The highest BCUT2D eigenvalue weighted by molar-refractivity contribution is 5.11. The second kappa shape index (κ2) is 6.49. The molecule has 2 unspecified atom stereocenters. The molecule has 0 amide bonds. The predicted molar refractivity (Wildman–Crippen MR) is 86.2 cm³/mol. The van der Waals surface area contributed by atoms with E-state index >= 15 is 0 Å². The van der Waals surface area contributed by atoms with E-state index in [1.165, 1.54) is 43.6 Å². The predicted octanol–water partition coefficient (Wildman–Crippen LogP) is 2.33. The number of aromatic nitrogens is 2. The van der Waals surface area contributed by atoms with Gasteiger partial charge in [-0.05, 0) is 37.7 Å². The molecule has 1 aromatic heterocycles. The molecule has 3 rings (SSSR count). The van der Waals surface area contributed by atoms with Crippen LogP contribution in [0.2, 0.25) is 0 Å². The molecular weight excluding hydrogens is 260 g/mol. The molecule has 118 valence electrons. The van der Waals surface area contributed by atoms with Crippen LogP contribution in [0.5, 0.6) is 0 Å². The summed E-state index contributed by atoms with van der Waals surface area (Å²) in [4.78, 5) is 2.71. The lowest BCUT2D eigenvalue weighted by molar-refractivity contribution is 0.105. The molecule has 2 aliphatic rings. The Morgan fingerprint density at radius 3 is 2.76 bits per heavy atom. The highest BCUT2D eigenvalue weighted by atomic mass is 15.3. The average Bonchev–Trinajstić information content (AvgIpc) is 3.26. The Morgan fingerprint density at radius 1 is 1.33 bits per heavy atom. The first-order chi connectivity index (χ1) is 10.2. The van der Waals surface area contributed by atoms with Gasteiger partial charge in [0.1, 0.15) is 0 Å². The molecule has 0 bridgehead atoms. The van der Waals surface area contributed by atoms with Gasteiger partial charge >= 0.3 is 0 Å². The molecule has 2 fully saturated rings. The molecule has 1 aliphatic carbocycles. The number of hydrogen-bond acceptors (Lipinski definition) is 3. The van der Waals surface area contributed by atoms with Gasteiger partial charge < -0.3 is 5.32 Å². The van der Waals surface area contributed by atoms with Crippen molar-refractivity contribution in [1.82, 2.24) is 20.0 Å². The standard InChI is InChI=1S/C17H30N4/c1-4-6-15-10-18-17(13-7-8-13)12-21(15)11-16-9-14(5-2)19-20(16)3/h9,13,15,17-18H,4-8,10-12H2,1-3H3. The van der Waals surface area contributed by atoms with Crippen molar-refractivity contribution >= 4 is 0 Å². The van der Waals surface area contributed by atoms with E-state index in [1.54, 1.807) is 0 Å². The Kier molecular flexibility index (Phi) is 4.65. The van der Waals surface area contributed by atoms with Crippen molar-refractivity contribution < 1.29 is 0 Å². The van der Waals surface area contributed by atoms with Gasteiger partial charge in [-0.3, -0.25) is 9.58 Å². The zero-order valence-corrected chi connectivity index (χ0v) is 13.8. The Hall–Kier alpha value is -0.870. The minimum Gasteiger partial charge on any atom is -0.311 e. The third kappa shape index (κ3) is 3.49. The summed E-state index contributed by atoms with van der Waals surface area (Å²) in [6.07, 6.45) is 6.44. The van der Waals surface area contributed by atoms with Crippen LogP contribution in [0, 0.1) is 5.92 Å². The summed E-state index contributed by atoms with van der Waals surface area (Å²) in [5, 5.41) is 8.41. The summed E-state index contributed by atoms with van der Waals surface area (Å²) in [5.41, 5.74) is 2.58. The molecule has 2 atom stereocenters. The zero-order valence-electron chi connectivity index (χ0n) is 13.8. The van der Waals surface area contributed by atoms with Gasteiger partial charge in [0.05, 0.1) is 11.4 Å². The van der Waals surface area contributed by atoms with Crippen LogP contribution in [0.4, 0.5) is 0 Å². The fourth-order valence-electron chi connectivity index (χ4n) is 3.61. The van der Waals surface area contributed by atoms with Gasteiger partial charge in [0.15, 0.2) is 0 Å². The first-order valence-electron chi connectivity index (χ1n) is 8.70. The Balaban J connectivity index is 1.69. The maximum absolute atomic E-state index is 4.61. The Labute approximate surface area is 128 Å². The first-order valence-corrected chi connectivity index (χ1v) is 8.70. The number of nitrogens with one attached hydrogen (secondary N) is 1. The van der Waals surface area contributed by atoms with E-state index in [4.69, 9.17) is 0 Å². The number of piperazine rings is 1. The Bertz CT molecular complexity index is 463. The van der Waals surface area contributed by atoms with Crippen molar-refractivity contribution in [3.63, 3.8) is 0 Å². The van der Waals surface area contributed by atoms with E-state index in [1.807, 2.05) is 0 Å². The minimum absolute atomic E-state index is 0.685. The van der Waals surface area contributed by atoms with Crippen molar-refractivity contribution in [3.8, 4) is 0 Å². The summed E-state index contributed by atoms with van der Waals surface area (Å²) in [5.74, 6) is 0.938. The average molecular weight is 290 g/mol. The summed E-state index contributed by atoms with van der Waals surface area (Å²) in [6, 6.07) is 3.69. The van der Waals surface area contributed by atoms with Gasteiger partial charge in [0.25, 0.3) is 0 Å². The van der Waals surface area contributed by atoms with Crippen LogP contribution in [-0.4, -0.2) is 39.9 Å². The molecule has 1 saturated heterocycles. The third-order valence-electron chi connectivity index (χ3n) is 5.13. The molecule has 21 heavy (non-hydrogen) atoms. The van der Waals surface area contributed by atoms with Gasteiger partial charge in [-0.15, -0.1) is 0 Å². The summed E-state index contributed by atoms with van der Waals surface area (Å²) < 4.78 is 2.08.